The predicted molar refractivity (Wildman–Crippen MR) is 122 cm³/mol. The number of aryl methyl sites for hydroxylation is 1. The van der Waals surface area contributed by atoms with Gasteiger partial charge in [-0.2, -0.15) is 4.39 Å². The fourth-order valence-electron chi connectivity index (χ4n) is 4.00. The van der Waals surface area contributed by atoms with E-state index in [1.54, 1.807) is 13.0 Å². The van der Waals surface area contributed by atoms with Gasteiger partial charge in [-0.3, -0.25) is 4.90 Å². The van der Waals surface area contributed by atoms with Crippen LogP contribution in [0, 0.1) is 18.7 Å². The quantitative estimate of drug-likeness (QED) is 0.494. The summed E-state index contributed by atoms with van der Waals surface area (Å²) in [6.07, 6.45) is 3.76. The molecule has 0 unspecified atom stereocenters. The van der Waals surface area contributed by atoms with Crippen molar-refractivity contribution in [1.82, 2.24) is 14.9 Å². The first-order valence-electron chi connectivity index (χ1n) is 10.9. The van der Waals surface area contributed by atoms with Gasteiger partial charge in [-0.25, -0.2) is 22.8 Å². The topological polar surface area (TPSA) is 75.2 Å². The molecule has 1 saturated heterocycles. The Morgan fingerprint density at radius 3 is 2.58 bits per heavy atom. The molecule has 0 bridgehead atoms. The lowest BCUT2D eigenvalue weighted by Crippen LogP contribution is -2.20. The Kier molecular flexibility index (Phi) is 6.99. The molecule has 0 aliphatic carbocycles. The molecule has 3 aromatic rings. The van der Waals surface area contributed by atoms with Gasteiger partial charge in [-0.05, 0) is 68.2 Å². The summed E-state index contributed by atoms with van der Waals surface area (Å²) in [5.74, 6) is -1.45. The second kappa shape index (κ2) is 9.93. The van der Waals surface area contributed by atoms with Crippen LogP contribution in [0.15, 0.2) is 53.7 Å². The standard InChI is InChI=1S/C24H26F2N4O2S/c1-17-12-24(33(31,32)16-19-7-5-9-23(26)29-19)28-14-22(17)27-13-20-18(6-4-8-21(20)25)15-30-10-2-3-11-30/h4-9,12,14,27H,2-3,10-11,13,15-16H2,1H3. The molecule has 4 rings (SSSR count). The first-order chi connectivity index (χ1) is 15.8. The zero-order valence-electron chi connectivity index (χ0n) is 18.4. The molecule has 0 saturated carbocycles. The van der Waals surface area contributed by atoms with Crippen LogP contribution in [0.3, 0.4) is 0 Å². The fourth-order valence-corrected chi connectivity index (χ4v) is 5.27. The summed E-state index contributed by atoms with van der Waals surface area (Å²) in [6, 6.07) is 10.6. The molecular weight excluding hydrogens is 446 g/mol. The van der Waals surface area contributed by atoms with Gasteiger partial charge in [0, 0.05) is 18.7 Å². The third-order valence-electron chi connectivity index (χ3n) is 5.78. The van der Waals surface area contributed by atoms with Crippen molar-refractivity contribution in [3.8, 4) is 0 Å². The van der Waals surface area contributed by atoms with Gasteiger partial charge in [0.15, 0.2) is 5.03 Å². The average molecular weight is 473 g/mol. The van der Waals surface area contributed by atoms with Crippen LogP contribution in [0.2, 0.25) is 0 Å². The van der Waals surface area contributed by atoms with Crippen molar-refractivity contribution in [2.24, 2.45) is 0 Å². The van der Waals surface area contributed by atoms with E-state index in [2.05, 4.69) is 20.2 Å². The van der Waals surface area contributed by atoms with E-state index in [4.69, 9.17) is 0 Å². The van der Waals surface area contributed by atoms with E-state index in [0.29, 0.717) is 23.4 Å². The summed E-state index contributed by atoms with van der Waals surface area (Å²) in [5.41, 5.74) is 2.93. The maximum absolute atomic E-state index is 14.6. The molecule has 0 atom stereocenters. The summed E-state index contributed by atoms with van der Waals surface area (Å²) in [6.45, 7) is 4.77. The van der Waals surface area contributed by atoms with Crippen molar-refractivity contribution >= 4 is 15.5 Å². The van der Waals surface area contributed by atoms with E-state index in [1.165, 1.54) is 30.5 Å². The smallest absolute Gasteiger partial charge is 0.213 e. The van der Waals surface area contributed by atoms with Crippen LogP contribution in [0.4, 0.5) is 14.5 Å². The Bertz CT molecular complexity index is 1240. The van der Waals surface area contributed by atoms with Crippen LogP contribution in [-0.4, -0.2) is 36.4 Å². The zero-order valence-corrected chi connectivity index (χ0v) is 19.2. The van der Waals surface area contributed by atoms with Gasteiger partial charge in [-0.1, -0.05) is 18.2 Å². The van der Waals surface area contributed by atoms with Gasteiger partial charge in [0.2, 0.25) is 15.8 Å². The number of anilines is 1. The Labute approximate surface area is 192 Å². The lowest BCUT2D eigenvalue weighted by molar-refractivity contribution is 0.329. The highest BCUT2D eigenvalue weighted by Gasteiger charge is 2.20. The van der Waals surface area contributed by atoms with Crippen LogP contribution < -0.4 is 5.32 Å². The minimum Gasteiger partial charge on any atom is -0.379 e. The summed E-state index contributed by atoms with van der Waals surface area (Å²) < 4.78 is 53.3. The largest absolute Gasteiger partial charge is 0.379 e. The summed E-state index contributed by atoms with van der Waals surface area (Å²) in [5, 5.41) is 3.08. The molecule has 1 aliphatic rings. The number of pyridine rings is 2. The molecule has 1 fully saturated rings. The number of nitrogens with zero attached hydrogens (tertiary/aromatic N) is 3. The molecular formula is C24H26F2N4O2S. The molecule has 33 heavy (non-hydrogen) atoms. The number of likely N-dealkylation sites (tertiary alicyclic amines) is 1. The SMILES string of the molecule is Cc1cc(S(=O)(=O)Cc2cccc(F)n2)ncc1NCc1c(F)cccc1CN1CCCC1. The van der Waals surface area contributed by atoms with Gasteiger partial charge in [0.1, 0.15) is 5.82 Å². The third kappa shape index (κ3) is 5.72. The molecule has 6 nitrogen and oxygen atoms in total. The van der Waals surface area contributed by atoms with Gasteiger partial charge in [0.05, 0.1) is 23.3 Å². The van der Waals surface area contributed by atoms with E-state index >= 15 is 0 Å². The van der Waals surface area contributed by atoms with Crippen LogP contribution in [0.25, 0.3) is 0 Å². The first-order valence-corrected chi connectivity index (χ1v) is 12.5. The monoisotopic (exact) mass is 472 g/mol. The van der Waals surface area contributed by atoms with Crippen molar-refractivity contribution in [2.45, 2.75) is 43.6 Å². The second-order valence-corrected chi connectivity index (χ2v) is 10.2. The fraction of sp³-hybridized carbons (Fsp3) is 0.333. The number of hydrogen-bond donors (Lipinski definition) is 1. The van der Waals surface area contributed by atoms with E-state index < -0.39 is 21.5 Å². The zero-order chi connectivity index (χ0) is 23.4. The van der Waals surface area contributed by atoms with Crippen LogP contribution in [-0.2, 0) is 28.7 Å². The predicted octanol–water partition coefficient (Wildman–Crippen LogP) is 4.25. The van der Waals surface area contributed by atoms with E-state index in [0.717, 1.165) is 37.6 Å². The van der Waals surface area contributed by atoms with E-state index in [9.17, 15) is 17.2 Å². The average Bonchev–Trinajstić information content (AvgIpc) is 3.27. The third-order valence-corrected chi connectivity index (χ3v) is 7.32. The molecule has 2 aromatic heterocycles. The Morgan fingerprint density at radius 2 is 1.85 bits per heavy atom. The van der Waals surface area contributed by atoms with Gasteiger partial charge < -0.3 is 5.32 Å². The first kappa shape index (κ1) is 23.3. The molecule has 0 spiro atoms. The van der Waals surface area contributed by atoms with Crippen molar-refractivity contribution in [3.63, 3.8) is 0 Å². The number of sulfone groups is 1. The number of aromatic nitrogens is 2. The highest BCUT2D eigenvalue weighted by Crippen LogP contribution is 2.23. The number of benzene rings is 1. The lowest BCUT2D eigenvalue weighted by atomic mass is 10.1. The minimum absolute atomic E-state index is 0.113. The van der Waals surface area contributed by atoms with Crippen LogP contribution in [0.1, 0.15) is 35.2 Å². The molecule has 174 valence electrons. The minimum atomic E-state index is -3.80. The van der Waals surface area contributed by atoms with Crippen molar-refractivity contribution in [3.05, 3.63) is 82.8 Å². The summed E-state index contributed by atoms with van der Waals surface area (Å²) in [7, 11) is -3.80. The number of halogens is 2. The maximum atomic E-state index is 14.6. The Balaban J connectivity index is 1.48. The molecule has 1 aromatic carbocycles. The van der Waals surface area contributed by atoms with Gasteiger partial charge in [-0.15, -0.1) is 0 Å². The van der Waals surface area contributed by atoms with Gasteiger partial charge in [0.25, 0.3) is 0 Å². The Morgan fingerprint density at radius 1 is 1.09 bits per heavy atom. The van der Waals surface area contributed by atoms with Crippen LogP contribution >= 0.6 is 0 Å². The van der Waals surface area contributed by atoms with Crippen molar-refractivity contribution in [1.29, 1.82) is 0 Å². The summed E-state index contributed by atoms with van der Waals surface area (Å²) in [4.78, 5) is 10.0. The molecule has 1 N–H and O–H groups in total. The van der Waals surface area contributed by atoms with Crippen molar-refractivity contribution < 1.29 is 17.2 Å². The van der Waals surface area contributed by atoms with Crippen LogP contribution in [0.5, 0.6) is 0 Å². The highest BCUT2D eigenvalue weighted by atomic mass is 32.2. The highest BCUT2D eigenvalue weighted by molar-refractivity contribution is 7.90. The normalized spacial score (nSPS) is 14.5. The molecule has 3 heterocycles. The Hall–Kier alpha value is -2.91. The molecule has 1 aliphatic heterocycles. The molecule has 0 radical (unpaired) electrons. The van der Waals surface area contributed by atoms with E-state index in [1.807, 2.05) is 6.07 Å². The molecule has 9 heteroatoms. The molecule has 0 amide bonds. The second-order valence-electron chi connectivity index (χ2n) is 8.26. The number of nitrogens with one attached hydrogen (secondary N) is 1. The summed E-state index contributed by atoms with van der Waals surface area (Å²) >= 11 is 0. The van der Waals surface area contributed by atoms with Gasteiger partial charge >= 0.3 is 0 Å². The van der Waals surface area contributed by atoms with Crippen molar-refractivity contribution in [2.75, 3.05) is 18.4 Å². The maximum Gasteiger partial charge on any atom is 0.213 e. The lowest BCUT2D eigenvalue weighted by Gasteiger charge is -2.19. The van der Waals surface area contributed by atoms with E-state index in [-0.39, 0.29) is 23.1 Å². The number of hydrogen-bond acceptors (Lipinski definition) is 6. The number of rotatable bonds is 8.